The largest absolute Gasteiger partial charge is 0.356 e. The number of benzene rings is 1. The van der Waals surface area contributed by atoms with Gasteiger partial charge in [0.25, 0.3) is 5.91 Å². The lowest BCUT2D eigenvalue weighted by molar-refractivity contribution is 0.0963. The first-order valence-corrected chi connectivity index (χ1v) is 7.76. The Labute approximate surface area is 131 Å². The molecule has 2 heterocycles. The molecule has 1 aromatic heterocycles. The van der Waals surface area contributed by atoms with Gasteiger partial charge < -0.3 is 10.2 Å². The summed E-state index contributed by atoms with van der Waals surface area (Å²) in [4.78, 5) is 18.6. The van der Waals surface area contributed by atoms with Crippen LogP contribution in [0.25, 0.3) is 0 Å². The highest BCUT2D eigenvalue weighted by Crippen LogP contribution is 2.30. The van der Waals surface area contributed by atoms with E-state index in [9.17, 15) is 4.79 Å². The van der Waals surface area contributed by atoms with Crippen LogP contribution in [-0.4, -0.2) is 31.0 Å². The Morgan fingerprint density at radius 3 is 2.55 bits per heavy atom. The average molecular weight is 295 g/mol. The Kier molecular flexibility index (Phi) is 4.37. The third-order valence-electron chi connectivity index (χ3n) is 4.32. The smallest absolute Gasteiger partial charge is 0.254 e. The lowest BCUT2D eigenvalue weighted by Crippen LogP contribution is -2.35. The second kappa shape index (κ2) is 6.60. The van der Waals surface area contributed by atoms with E-state index in [1.165, 1.54) is 5.56 Å². The Bertz CT molecular complexity index is 634. The molecule has 3 rings (SSSR count). The van der Waals surface area contributed by atoms with Gasteiger partial charge in [0.15, 0.2) is 0 Å². The van der Waals surface area contributed by atoms with Crippen molar-refractivity contribution in [2.75, 3.05) is 25.0 Å². The van der Waals surface area contributed by atoms with Gasteiger partial charge in [0.1, 0.15) is 5.82 Å². The zero-order valence-electron chi connectivity index (χ0n) is 12.8. The maximum Gasteiger partial charge on any atom is 0.254 e. The van der Waals surface area contributed by atoms with Crippen LogP contribution >= 0.6 is 0 Å². The number of amides is 1. The van der Waals surface area contributed by atoms with Crippen LogP contribution in [-0.2, 0) is 0 Å². The zero-order chi connectivity index (χ0) is 15.4. The van der Waals surface area contributed by atoms with Crippen molar-refractivity contribution in [3.05, 3.63) is 59.8 Å². The summed E-state index contributed by atoms with van der Waals surface area (Å²) in [5, 5.41) is 2.69. The molecule has 1 aliphatic rings. The predicted molar refractivity (Wildman–Crippen MR) is 88.3 cm³/mol. The van der Waals surface area contributed by atoms with Crippen LogP contribution in [0.5, 0.6) is 0 Å². The Morgan fingerprint density at radius 2 is 1.86 bits per heavy atom. The first kappa shape index (κ1) is 14.6. The number of hydrogen-bond donors (Lipinski definition) is 1. The first-order chi connectivity index (χ1) is 10.8. The number of anilines is 1. The van der Waals surface area contributed by atoms with Crippen molar-refractivity contribution in [1.82, 2.24) is 10.3 Å². The second-order valence-electron chi connectivity index (χ2n) is 5.63. The van der Waals surface area contributed by atoms with Crippen molar-refractivity contribution in [2.24, 2.45) is 0 Å². The highest BCUT2D eigenvalue weighted by molar-refractivity contribution is 5.98. The van der Waals surface area contributed by atoms with Crippen LogP contribution in [0.4, 0.5) is 5.82 Å². The molecule has 2 aromatic rings. The van der Waals surface area contributed by atoms with Crippen molar-refractivity contribution in [1.29, 1.82) is 0 Å². The fourth-order valence-corrected chi connectivity index (χ4v) is 3.11. The maximum absolute atomic E-state index is 12.0. The van der Waals surface area contributed by atoms with Gasteiger partial charge >= 0.3 is 0 Å². The summed E-state index contributed by atoms with van der Waals surface area (Å²) in [7, 11) is 1.65. The molecular weight excluding hydrogens is 274 g/mol. The topological polar surface area (TPSA) is 45.2 Å². The number of rotatable bonds is 3. The van der Waals surface area contributed by atoms with Gasteiger partial charge in [-0.3, -0.25) is 4.79 Å². The number of aromatic nitrogens is 1. The molecule has 0 spiro atoms. The maximum atomic E-state index is 12.0. The van der Waals surface area contributed by atoms with Crippen LogP contribution in [0, 0.1) is 0 Å². The molecule has 1 saturated heterocycles. The minimum atomic E-state index is -0.0757. The van der Waals surface area contributed by atoms with E-state index < -0.39 is 0 Å². The van der Waals surface area contributed by atoms with Gasteiger partial charge in [-0.05, 0) is 36.5 Å². The fourth-order valence-electron chi connectivity index (χ4n) is 3.11. The molecule has 0 atom stereocenters. The SMILES string of the molecule is CNC(=O)c1cccnc1N1CCC(c2ccccc2)CC1. The van der Waals surface area contributed by atoms with E-state index in [4.69, 9.17) is 0 Å². The average Bonchev–Trinajstić information content (AvgIpc) is 2.62. The number of hydrogen-bond acceptors (Lipinski definition) is 3. The van der Waals surface area contributed by atoms with Crippen molar-refractivity contribution in [3.63, 3.8) is 0 Å². The molecule has 114 valence electrons. The monoisotopic (exact) mass is 295 g/mol. The summed E-state index contributed by atoms with van der Waals surface area (Å²) >= 11 is 0. The first-order valence-electron chi connectivity index (χ1n) is 7.76. The lowest BCUT2D eigenvalue weighted by Gasteiger charge is -2.33. The molecule has 1 amide bonds. The summed E-state index contributed by atoms with van der Waals surface area (Å²) in [5.74, 6) is 1.33. The number of pyridine rings is 1. The summed E-state index contributed by atoms with van der Waals surface area (Å²) in [6.45, 7) is 1.86. The van der Waals surface area contributed by atoms with Crippen molar-refractivity contribution >= 4 is 11.7 Å². The molecule has 0 aliphatic carbocycles. The second-order valence-corrected chi connectivity index (χ2v) is 5.63. The summed E-state index contributed by atoms with van der Waals surface area (Å²) in [6.07, 6.45) is 3.94. The molecule has 0 radical (unpaired) electrons. The minimum absolute atomic E-state index is 0.0757. The van der Waals surface area contributed by atoms with Crippen LogP contribution in [0.3, 0.4) is 0 Å². The Hall–Kier alpha value is -2.36. The number of carbonyl (C=O) groups is 1. The molecule has 1 fully saturated rings. The highest BCUT2D eigenvalue weighted by Gasteiger charge is 2.24. The van der Waals surface area contributed by atoms with Crippen molar-refractivity contribution < 1.29 is 4.79 Å². The third kappa shape index (κ3) is 2.96. The lowest BCUT2D eigenvalue weighted by atomic mass is 9.89. The molecule has 1 N–H and O–H groups in total. The molecule has 1 aromatic carbocycles. The van der Waals surface area contributed by atoms with Gasteiger partial charge in [-0.15, -0.1) is 0 Å². The molecule has 0 saturated carbocycles. The number of piperidine rings is 1. The van der Waals surface area contributed by atoms with E-state index in [0.717, 1.165) is 31.7 Å². The quantitative estimate of drug-likeness (QED) is 0.947. The van der Waals surface area contributed by atoms with Gasteiger partial charge in [0.2, 0.25) is 0 Å². The molecule has 22 heavy (non-hydrogen) atoms. The van der Waals surface area contributed by atoms with Gasteiger partial charge in [-0.2, -0.15) is 0 Å². The minimum Gasteiger partial charge on any atom is -0.356 e. The summed E-state index contributed by atoms with van der Waals surface area (Å²) < 4.78 is 0. The van der Waals surface area contributed by atoms with E-state index in [0.29, 0.717) is 11.5 Å². The van der Waals surface area contributed by atoms with Gasteiger partial charge in [0, 0.05) is 26.3 Å². The Morgan fingerprint density at radius 1 is 1.14 bits per heavy atom. The van der Waals surface area contributed by atoms with Gasteiger partial charge in [-0.25, -0.2) is 4.98 Å². The van der Waals surface area contributed by atoms with Crippen LogP contribution in [0.1, 0.15) is 34.7 Å². The highest BCUT2D eigenvalue weighted by atomic mass is 16.1. The van der Waals surface area contributed by atoms with E-state index in [-0.39, 0.29) is 5.91 Å². The van der Waals surface area contributed by atoms with E-state index in [2.05, 4.69) is 45.5 Å². The Balaban J connectivity index is 1.73. The number of nitrogens with zero attached hydrogens (tertiary/aromatic N) is 2. The van der Waals surface area contributed by atoms with Crippen LogP contribution in [0.2, 0.25) is 0 Å². The van der Waals surface area contributed by atoms with Gasteiger partial charge in [-0.1, -0.05) is 30.3 Å². The van der Waals surface area contributed by atoms with Crippen molar-refractivity contribution in [3.8, 4) is 0 Å². The molecule has 0 bridgehead atoms. The molecular formula is C18H21N3O. The molecule has 4 nitrogen and oxygen atoms in total. The molecule has 4 heteroatoms. The summed E-state index contributed by atoms with van der Waals surface area (Å²) in [6, 6.07) is 14.3. The number of nitrogens with one attached hydrogen (secondary N) is 1. The van der Waals surface area contributed by atoms with Crippen molar-refractivity contribution in [2.45, 2.75) is 18.8 Å². The molecule has 1 aliphatic heterocycles. The standard InChI is InChI=1S/C18H21N3O/c1-19-18(22)16-8-5-11-20-17(16)21-12-9-15(10-13-21)14-6-3-2-4-7-14/h2-8,11,15H,9-10,12-13H2,1H3,(H,19,22). The van der Waals surface area contributed by atoms with Crippen LogP contribution < -0.4 is 10.2 Å². The zero-order valence-corrected chi connectivity index (χ0v) is 12.8. The van der Waals surface area contributed by atoms with Crippen LogP contribution in [0.15, 0.2) is 48.7 Å². The summed E-state index contributed by atoms with van der Waals surface area (Å²) in [5.41, 5.74) is 2.07. The van der Waals surface area contributed by atoms with Gasteiger partial charge in [0.05, 0.1) is 5.56 Å². The number of carbonyl (C=O) groups excluding carboxylic acids is 1. The molecule has 0 unspecified atom stereocenters. The van der Waals surface area contributed by atoms with E-state index >= 15 is 0 Å². The van der Waals surface area contributed by atoms with E-state index in [1.807, 2.05) is 12.1 Å². The fraction of sp³-hybridized carbons (Fsp3) is 0.333. The van der Waals surface area contributed by atoms with E-state index in [1.54, 1.807) is 13.2 Å². The third-order valence-corrected chi connectivity index (χ3v) is 4.32. The predicted octanol–water partition coefficient (Wildman–Crippen LogP) is 2.83. The normalized spacial score (nSPS) is 15.6.